The molecule has 14 heavy (non-hydrogen) atoms. The van der Waals surface area contributed by atoms with Crippen molar-refractivity contribution in [3.05, 3.63) is 29.8 Å². The van der Waals surface area contributed by atoms with Crippen molar-refractivity contribution in [1.29, 1.82) is 0 Å². The van der Waals surface area contributed by atoms with Crippen molar-refractivity contribution in [2.75, 3.05) is 0 Å². The van der Waals surface area contributed by atoms with E-state index in [9.17, 15) is 4.79 Å². The normalized spacial score (nSPS) is 24.9. The highest BCUT2D eigenvalue weighted by Crippen LogP contribution is 2.30. The van der Waals surface area contributed by atoms with Crippen LogP contribution in [-0.2, 0) is 11.2 Å². The molecule has 0 bridgehead atoms. The summed E-state index contributed by atoms with van der Waals surface area (Å²) in [6, 6.07) is 7.51. The summed E-state index contributed by atoms with van der Waals surface area (Å²) in [6.07, 6.45) is 1.15. The maximum absolute atomic E-state index is 11.1. The topological polar surface area (TPSA) is 78.3 Å². The average Bonchev–Trinajstić information content (AvgIpc) is 2.17. The zero-order valence-electron chi connectivity index (χ0n) is 7.69. The minimum atomic E-state index is -1.34. The van der Waals surface area contributed by atoms with Crippen LogP contribution in [0.25, 0.3) is 0 Å². The summed E-state index contributed by atoms with van der Waals surface area (Å²) >= 11 is 0. The lowest BCUT2D eigenvalue weighted by molar-refractivity contribution is -0.134. The molecule has 1 aromatic carbocycles. The maximum Gasteiger partial charge on any atom is 0.277 e. The first kappa shape index (κ1) is 9.02. The van der Waals surface area contributed by atoms with Crippen molar-refractivity contribution in [2.24, 2.45) is 11.5 Å². The van der Waals surface area contributed by atoms with Gasteiger partial charge in [0, 0.05) is 6.42 Å². The summed E-state index contributed by atoms with van der Waals surface area (Å²) in [4.78, 5) is 11.1. The van der Waals surface area contributed by atoms with Gasteiger partial charge in [-0.1, -0.05) is 18.2 Å². The van der Waals surface area contributed by atoms with Crippen LogP contribution in [0.4, 0.5) is 0 Å². The SMILES string of the molecule is NC(=O)C1(N)CCc2ccccc2O1. The van der Waals surface area contributed by atoms with Gasteiger partial charge in [-0.05, 0) is 18.1 Å². The van der Waals surface area contributed by atoms with Gasteiger partial charge in [0.2, 0.25) is 5.72 Å². The first-order valence-electron chi connectivity index (χ1n) is 4.47. The molecule has 0 aliphatic carbocycles. The first-order chi connectivity index (χ1) is 6.62. The lowest BCUT2D eigenvalue weighted by Crippen LogP contribution is -2.58. The van der Waals surface area contributed by atoms with E-state index in [2.05, 4.69) is 0 Å². The Morgan fingerprint density at radius 3 is 2.86 bits per heavy atom. The Balaban J connectivity index is 2.34. The maximum atomic E-state index is 11.1. The number of benzene rings is 1. The third-order valence-corrected chi connectivity index (χ3v) is 2.45. The Morgan fingerprint density at radius 2 is 2.14 bits per heavy atom. The fourth-order valence-electron chi connectivity index (χ4n) is 1.55. The van der Waals surface area contributed by atoms with Gasteiger partial charge in [-0.3, -0.25) is 10.5 Å². The second-order valence-electron chi connectivity index (χ2n) is 3.46. The number of hydrogen-bond donors (Lipinski definition) is 2. The molecule has 4 heteroatoms. The average molecular weight is 192 g/mol. The van der Waals surface area contributed by atoms with Crippen LogP contribution in [0.3, 0.4) is 0 Å². The second-order valence-corrected chi connectivity index (χ2v) is 3.46. The largest absolute Gasteiger partial charge is 0.463 e. The van der Waals surface area contributed by atoms with Crippen LogP contribution in [0, 0.1) is 0 Å². The van der Waals surface area contributed by atoms with E-state index in [1.165, 1.54) is 0 Å². The number of ether oxygens (including phenoxy) is 1. The summed E-state index contributed by atoms with van der Waals surface area (Å²) in [5, 5.41) is 0. The molecule has 1 aliphatic heterocycles. The Morgan fingerprint density at radius 1 is 1.43 bits per heavy atom. The van der Waals surface area contributed by atoms with E-state index < -0.39 is 11.6 Å². The number of primary amides is 1. The van der Waals surface area contributed by atoms with Crippen LogP contribution in [0.2, 0.25) is 0 Å². The molecule has 0 aromatic heterocycles. The summed E-state index contributed by atoms with van der Waals surface area (Å²) in [5.41, 5.74) is 10.6. The van der Waals surface area contributed by atoms with Gasteiger partial charge in [0.1, 0.15) is 5.75 Å². The number of carbonyl (C=O) groups excluding carboxylic acids is 1. The summed E-state index contributed by atoms with van der Waals surface area (Å²) < 4.78 is 5.38. The highest BCUT2D eigenvalue weighted by molar-refractivity contribution is 5.83. The van der Waals surface area contributed by atoms with Gasteiger partial charge in [0.05, 0.1) is 0 Å². The number of para-hydroxylation sites is 1. The van der Waals surface area contributed by atoms with Crippen molar-refractivity contribution in [2.45, 2.75) is 18.6 Å². The first-order valence-corrected chi connectivity index (χ1v) is 4.47. The zero-order chi connectivity index (χ0) is 10.2. The molecule has 0 radical (unpaired) electrons. The van der Waals surface area contributed by atoms with Crippen molar-refractivity contribution in [1.82, 2.24) is 0 Å². The Labute approximate surface area is 81.8 Å². The van der Waals surface area contributed by atoms with Crippen LogP contribution in [0.15, 0.2) is 24.3 Å². The smallest absolute Gasteiger partial charge is 0.277 e. The van der Waals surface area contributed by atoms with Gasteiger partial charge in [-0.15, -0.1) is 0 Å². The number of rotatable bonds is 1. The molecule has 1 unspecified atom stereocenters. The molecular formula is C10H12N2O2. The summed E-state index contributed by atoms with van der Waals surface area (Å²) in [6.45, 7) is 0. The predicted octanol–water partition coefficient (Wildman–Crippen LogP) is 0.152. The van der Waals surface area contributed by atoms with Crippen LogP contribution in [-0.4, -0.2) is 11.6 Å². The molecule has 2 rings (SSSR count). The third-order valence-electron chi connectivity index (χ3n) is 2.45. The second kappa shape index (κ2) is 2.99. The van der Waals surface area contributed by atoms with E-state index in [1.807, 2.05) is 18.2 Å². The minimum absolute atomic E-state index is 0.430. The molecule has 4 N–H and O–H groups in total. The molecule has 0 saturated carbocycles. The van der Waals surface area contributed by atoms with Crippen LogP contribution < -0.4 is 16.2 Å². The van der Waals surface area contributed by atoms with Crippen molar-refractivity contribution in [3.8, 4) is 5.75 Å². The molecule has 1 amide bonds. The lowest BCUT2D eigenvalue weighted by Gasteiger charge is -2.32. The molecule has 0 fully saturated rings. The van der Waals surface area contributed by atoms with Crippen LogP contribution in [0.1, 0.15) is 12.0 Å². The van der Waals surface area contributed by atoms with Crippen LogP contribution >= 0.6 is 0 Å². The molecule has 74 valence electrons. The van der Waals surface area contributed by atoms with E-state index in [4.69, 9.17) is 16.2 Å². The molecule has 1 aliphatic rings. The fourth-order valence-corrected chi connectivity index (χ4v) is 1.55. The van der Waals surface area contributed by atoms with Crippen LogP contribution in [0.5, 0.6) is 5.75 Å². The van der Waals surface area contributed by atoms with Gasteiger partial charge in [0.25, 0.3) is 5.91 Å². The Bertz CT molecular complexity index is 378. The molecule has 1 aromatic rings. The van der Waals surface area contributed by atoms with Gasteiger partial charge in [-0.25, -0.2) is 0 Å². The third kappa shape index (κ3) is 1.33. The Kier molecular flexibility index (Phi) is 1.93. The fraction of sp³-hybridized carbons (Fsp3) is 0.300. The van der Waals surface area contributed by atoms with Crippen molar-refractivity contribution in [3.63, 3.8) is 0 Å². The number of amides is 1. The number of aryl methyl sites for hydroxylation is 1. The molecule has 4 nitrogen and oxygen atoms in total. The standard InChI is InChI=1S/C10H12N2O2/c11-9(13)10(12)6-5-7-3-1-2-4-8(7)14-10/h1-4H,5-6,12H2,(H2,11,13). The Hall–Kier alpha value is -1.55. The van der Waals surface area contributed by atoms with E-state index in [0.29, 0.717) is 12.2 Å². The quantitative estimate of drug-likeness (QED) is 0.664. The molecular weight excluding hydrogens is 180 g/mol. The number of nitrogens with two attached hydrogens (primary N) is 2. The monoisotopic (exact) mass is 192 g/mol. The van der Waals surface area contributed by atoms with Gasteiger partial charge < -0.3 is 10.5 Å². The van der Waals surface area contributed by atoms with Gasteiger partial charge >= 0.3 is 0 Å². The van der Waals surface area contributed by atoms with E-state index in [0.717, 1.165) is 12.0 Å². The molecule has 1 atom stereocenters. The molecule has 0 spiro atoms. The predicted molar refractivity (Wildman–Crippen MR) is 51.5 cm³/mol. The van der Waals surface area contributed by atoms with E-state index >= 15 is 0 Å². The number of hydrogen-bond acceptors (Lipinski definition) is 3. The van der Waals surface area contributed by atoms with Crippen molar-refractivity contribution < 1.29 is 9.53 Å². The highest BCUT2D eigenvalue weighted by atomic mass is 16.5. The lowest BCUT2D eigenvalue weighted by atomic mass is 9.98. The number of fused-ring (bicyclic) bond motifs is 1. The molecule has 0 saturated heterocycles. The minimum Gasteiger partial charge on any atom is -0.463 e. The van der Waals surface area contributed by atoms with E-state index in [-0.39, 0.29) is 0 Å². The van der Waals surface area contributed by atoms with Crippen molar-refractivity contribution >= 4 is 5.91 Å². The zero-order valence-corrected chi connectivity index (χ0v) is 7.69. The van der Waals surface area contributed by atoms with Gasteiger partial charge in [0.15, 0.2) is 0 Å². The highest BCUT2D eigenvalue weighted by Gasteiger charge is 2.37. The van der Waals surface area contributed by atoms with Gasteiger partial charge in [-0.2, -0.15) is 0 Å². The molecule has 1 heterocycles. The number of carbonyl (C=O) groups is 1. The van der Waals surface area contributed by atoms with E-state index in [1.54, 1.807) is 6.07 Å². The summed E-state index contributed by atoms with van der Waals surface area (Å²) in [7, 11) is 0. The summed E-state index contributed by atoms with van der Waals surface area (Å²) in [5.74, 6) is 0.0343.